The molecule has 0 N–H and O–H groups in total. The molecule has 4 nitrogen and oxygen atoms in total. The number of rotatable bonds is 3. The van der Waals surface area contributed by atoms with E-state index in [1.807, 2.05) is 0 Å². The van der Waals surface area contributed by atoms with Crippen molar-refractivity contribution in [3.8, 4) is 0 Å². The molecule has 4 heteroatoms. The van der Waals surface area contributed by atoms with E-state index >= 15 is 0 Å². The molecule has 0 aliphatic carbocycles. The average Bonchev–Trinajstić information content (AvgIpc) is 2.56. The smallest absolute Gasteiger partial charge is 0.0121 e. The Morgan fingerprint density at radius 2 is 1.09 bits per heavy atom. The van der Waals surface area contributed by atoms with Crippen LogP contribution in [0.5, 0.6) is 0 Å². The summed E-state index contributed by atoms with van der Waals surface area (Å²) in [6, 6.07) is 2.44. The largest absolute Gasteiger partial charge is 0.306 e. The molecule has 0 aromatic carbocycles. The minimum absolute atomic E-state index is 0.716. The number of nitrogens with zero attached hydrogens (tertiary/aromatic N) is 4. The number of piperazine rings is 1. The van der Waals surface area contributed by atoms with Crippen molar-refractivity contribution in [2.24, 2.45) is 0 Å². The molecule has 128 valence electrons. The van der Waals surface area contributed by atoms with Gasteiger partial charge in [0.05, 0.1) is 0 Å². The SMILES string of the molecule is CC(C)N1CCN(C2CCN(C3CCN(C)CC3)CC2)CC1. The zero-order valence-corrected chi connectivity index (χ0v) is 15.0. The molecule has 3 aliphatic rings. The van der Waals surface area contributed by atoms with Gasteiger partial charge in [0.2, 0.25) is 0 Å². The quantitative estimate of drug-likeness (QED) is 0.784. The second-order valence-electron chi connectivity index (χ2n) is 7.97. The predicted octanol–water partition coefficient (Wildman–Crippen LogP) is 1.57. The van der Waals surface area contributed by atoms with E-state index in [0.29, 0.717) is 6.04 Å². The van der Waals surface area contributed by atoms with Crippen molar-refractivity contribution in [3.63, 3.8) is 0 Å². The van der Waals surface area contributed by atoms with Crippen LogP contribution >= 0.6 is 0 Å². The van der Waals surface area contributed by atoms with Gasteiger partial charge < -0.3 is 9.80 Å². The van der Waals surface area contributed by atoms with Gasteiger partial charge in [-0.3, -0.25) is 9.80 Å². The molecule has 3 rings (SSSR count). The highest BCUT2D eigenvalue weighted by Crippen LogP contribution is 2.24. The van der Waals surface area contributed by atoms with Crippen LogP contribution in [0, 0.1) is 0 Å². The summed E-state index contributed by atoms with van der Waals surface area (Å²) in [5.74, 6) is 0. The summed E-state index contributed by atoms with van der Waals surface area (Å²) in [5, 5.41) is 0. The second-order valence-corrected chi connectivity index (χ2v) is 7.97. The molecule has 3 fully saturated rings. The Morgan fingerprint density at radius 3 is 1.59 bits per heavy atom. The first-order chi connectivity index (χ1) is 10.6. The molecule has 0 radical (unpaired) electrons. The Kier molecular flexibility index (Phi) is 5.77. The van der Waals surface area contributed by atoms with Gasteiger partial charge in [-0.25, -0.2) is 0 Å². The monoisotopic (exact) mass is 308 g/mol. The summed E-state index contributed by atoms with van der Waals surface area (Å²) in [5.41, 5.74) is 0. The number of hydrogen-bond acceptors (Lipinski definition) is 4. The van der Waals surface area contributed by atoms with Crippen molar-refractivity contribution in [1.29, 1.82) is 0 Å². The first-order valence-corrected chi connectivity index (χ1v) is 9.54. The van der Waals surface area contributed by atoms with E-state index < -0.39 is 0 Å². The van der Waals surface area contributed by atoms with Crippen molar-refractivity contribution in [2.75, 3.05) is 59.4 Å². The summed E-state index contributed by atoms with van der Waals surface area (Å²) >= 11 is 0. The van der Waals surface area contributed by atoms with Crippen molar-refractivity contribution in [3.05, 3.63) is 0 Å². The van der Waals surface area contributed by atoms with Crippen LogP contribution in [0.4, 0.5) is 0 Å². The Morgan fingerprint density at radius 1 is 0.636 bits per heavy atom. The van der Waals surface area contributed by atoms with Crippen LogP contribution in [0.25, 0.3) is 0 Å². The van der Waals surface area contributed by atoms with Crippen LogP contribution < -0.4 is 0 Å². The number of piperidine rings is 2. The highest BCUT2D eigenvalue weighted by atomic mass is 15.3. The zero-order valence-electron chi connectivity index (χ0n) is 15.0. The maximum atomic E-state index is 2.80. The Bertz CT molecular complexity index is 322. The van der Waals surface area contributed by atoms with E-state index in [-0.39, 0.29) is 0 Å². The summed E-state index contributed by atoms with van der Waals surface area (Å²) < 4.78 is 0. The van der Waals surface area contributed by atoms with E-state index in [2.05, 4.69) is 40.5 Å². The lowest BCUT2D eigenvalue weighted by Gasteiger charge is -2.46. The summed E-state index contributed by atoms with van der Waals surface area (Å²) in [6.45, 7) is 15.0. The third-order valence-electron chi connectivity index (χ3n) is 6.30. The topological polar surface area (TPSA) is 13.0 Å². The van der Waals surface area contributed by atoms with E-state index in [4.69, 9.17) is 0 Å². The first-order valence-electron chi connectivity index (χ1n) is 9.54. The van der Waals surface area contributed by atoms with E-state index in [1.165, 1.54) is 78.0 Å². The molecule has 0 aromatic rings. The third-order valence-corrected chi connectivity index (χ3v) is 6.30. The molecule has 22 heavy (non-hydrogen) atoms. The molecule has 0 atom stereocenters. The minimum atomic E-state index is 0.716. The summed E-state index contributed by atoms with van der Waals surface area (Å²) in [6.07, 6.45) is 5.56. The molecule has 0 bridgehead atoms. The van der Waals surface area contributed by atoms with Gasteiger partial charge in [0.15, 0.2) is 0 Å². The molecule has 0 unspecified atom stereocenters. The average molecular weight is 309 g/mol. The molecule has 0 aromatic heterocycles. The molecule has 0 spiro atoms. The number of likely N-dealkylation sites (tertiary alicyclic amines) is 2. The van der Waals surface area contributed by atoms with Gasteiger partial charge in [-0.1, -0.05) is 0 Å². The highest BCUT2D eigenvalue weighted by molar-refractivity contribution is 4.87. The summed E-state index contributed by atoms with van der Waals surface area (Å²) in [7, 11) is 2.26. The van der Waals surface area contributed by atoms with E-state index in [1.54, 1.807) is 0 Å². The first kappa shape index (κ1) is 16.7. The lowest BCUT2D eigenvalue weighted by atomic mass is 9.97. The van der Waals surface area contributed by atoms with Crippen molar-refractivity contribution >= 4 is 0 Å². The fourth-order valence-electron chi connectivity index (χ4n) is 4.60. The molecule has 0 saturated carbocycles. The van der Waals surface area contributed by atoms with Gasteiger partial charge in [-0.15, -0.1) is 0 Å². The van der Waals surface area contributed by atoms with Crippen molar-refractivity contribution in [1.82, 2.24) is 19.6 Å². The summed E-state index contributed by atoms with van der Waals surface area (Å²) in [4.78, 5) is 10.7. The zero-order chi connectivity index (χ0) is 15.5. The van der Waals surface area contributed by atoms with E-state index in [0.717, 1.165) is 12.1 Å². The van der Waals surface area contributed by atoms with Gasteiger partial charge in [0.1, 0.15) is 0 Å². The van der Waals surface area contributed by atoms with Gasteiger partial charge >= 0.3 is 0 Å². The third kappa shape index (κ3) is 4.02. The fourth-order valence-corrected chi connectivity index (χ4v) is 4.60. The normalized spacial score (nSPS) is 29.5. The molecular formula is C18H36N4. The van der Waals surface area contributed by atoms with Crippen LogP contribution in [0.15, 0.2) is 0 Å². The van der Waals surface area contributed by atoms with E-state index in [9.17, 15) is 0 Å². The molecular weight excluding hydrogens is 272 g/mol. The lowest BCUT2D eigenvalue weighted by molar-refractivity contribution is 0.0296. The maximum absolute atomic E-state index is 2.80. The van der Waals surface area contributed by atoms with Gasteiger partial charge in [-0.05, 0) is 72.8 Å². The lowest BCUT2D eigenvalue weighted by Crippen LogP contribution is -2.55. The predicted molar refractivity (Wildman–Crippen MR) is 93.4 cm³/mol. The molecule has 3 aliphatic heterocycles. The van der Waals surface area contributed by atoms with Crippen molar-refractivity contribution in [2.45, 2.75) is 57.7 Å². The number of hydrogen-bond donors (Lipinski definition) is 0. The van der Waals surface area contributed by atoms with Gasteiger partial charge in [0.25, 0.3) is 0 Å². The minimum Gasteiger partial charge on any atom is -0.306 e. The van der Waals surface area contributed by atoms with Crippen molar-refractivity contribution < 1.29 is 0 Å². The van der Waals surface area contributed by atoms with Gasteiger partial charge in [0, 0.05) is 44.3 Å². The Labute approximate surface area is 137 Å². The Balaban J connectivity index is 1.40. The Hall–Kier alpha value is -0.160. The fraction of sp³-hybridized carbons (Fsp3) is 1.00. The second kappa shape index (κ2) is 7.61. The van der Waals surface area contributed by atoms with Crippen LogP contribution in [-0.2, 0) is 0 Å². The van der Waals surface area contributed by atoms with Crippen LogP contribution in [0.1, 0.15) is 39.5 Å². The van der Waals surface area contributed by atoms with Crippen LogP contribution in [0.2, 0.25) is 0 Å². The molecule has 0 amide bonds. The highest BCUT2D eigenvalue weighted by Gasteiger charge is 2.31. The molecule has 3 heterocycles. The van der Waals surface area contributed by atoms with Gasteiger partial charge in [-0.2, -0.15) is 0 Å². The van der Waals surface area contributed by atoms with Crippen LogP contribution in [-0.4, -0.2) is 97.1 Å². The maximum Gasteiger partial charge on any atom is 0.0121 e. The standard InChI is InChI=1S/C18H36N4/c1-16(2)20-12-14-22(15-13-20)18-6-10-21(11-7-18)17-4-8-19(3)9-5-17/h16-18H,4-15H2,1-3H3. The molecule has 3 saturated heterocycles. The van der Waals surface area contributed by atoms with Crippen LogP contribution in [0.3, 0.4) is 0 Å².